The average molecular weight is 710 g/mol. The lowest BCUT2D eigenvalue weighted by Crippen LogP contribution is -1.96. The first kappa shape index (κ1) is 37.2. The number of benzene rings is 6. The summed E-state index contributed by atoms with van der Waals surface area (Å²) < 4.78 is 2.18. The molecule has 0 atom stereocenters. The molecule has 0 amide bonds. The van der Waals surface area contributed by atoms with E-state index in [4.69, 9.17) is 9.97 Å². The lowest BCUT2D eigenvalue weighted by molar-refractivity contribution is 1.18. The van der Waals surface area contributed by atoms with E-state index in [9.17, 15) is 10.5 Å². The average Bonchev–Trinajstić information content (AvgIpc) is 3.57. The summed E-state index contributed by atoms with van der Waals surface area (Å²) in [6.45, 7) is 10.7. The Balaban J connectivity index is 0.000000589. The number of nitrogens with zero attached hydrogens (tertiary/aromatic N) is 5. The van der Waals surface area contributed by atoms with Gasteiger partial charge in [-0.3, -0.25) is 0 Å². The molecule has 0 aliphatic heterocycles. The van der Waals surface area contributed by atoms with Crippen molar-refractivity contribution in [1.29, 1.82) is 10.5 Å². The topological polar surface area (TPSA) is 78.3 Å². The van der Waals surface area contributed by atoms with Crippen molar-refractivity contribution in [3.63, 3.8) is 0 Å². The highest BCUT2D eigenvalue weighted by Gasteiger charge is 2.15. The SMILES string of the molecule is C=C/C=C\C.C=CC.N#Cc1ccc2c(c1)c1cc(C#N)ccc1n2-c1ccc(-c2cccc(-c3cc(-c4ccccc4)nc(-c4ccccc4)n3)c2)cc1. The zero-order valence-electron chi connectivity index (χ0n) is 30.9. The lowest BCUT2D eigenvalue weighted by atomic mass is 10.0. The molecule has 55 heavy (non-hydrogen) atoms. The molecule has 8 aromatic rings. The summed E-state index contributed by atoms with van der Waals surface area (Å²) in [5.41, 5.74) is 11.0. The molecule has 2 aromatic heterocycles. The van der Waals surface area contributed by atoms with E-state index in [1.165, 1.54) is 0 Å². The summed E-state index contributed by atoms with van der Waals surface area (Å²) in [7, 11) is 0. The van der Waals surface area contributed by atoms with E-state index in [0.29, 0.717) is 17.0 Å². The van der Waals surface area contributed by atoms with Gasteiger partial charge in [-0.15, -0.1) is 6.58 Å². The molecule has 5 heteroatoms. The van der Waals surface area contributed by atoms with E-state index < -0.39 is 0 Å². The molecule has 0 saturated heterocycles. The van der Waals surface area contributed by atoms with Gasteiger partial charge in [-0.2, -0.15) is 10.5 Å². The van der Waals surface area contributed by atoms with Gasteiger partial charge < -0.3 is 4.57 Å². The molecule has 6 aromatic carbocycles. The molecular weight excluding hydrogens is 671 g/mol. The number of rotatable bonds is 6. The summed E-state index contributed by atoms with van der Waals surface area (Å²) in [5, 5.41) is 21.0. The Morgan fingerprint density at radius 2 is 1.04 bits per heavy atom. The summed E-state index contributed by atoms with van der Waals surface area (Å²) in [4.78, 5) is 9.94. The van der Waals surface area contributed by atoms with Gasteiger partial charge in [-0.05, 0) is 85.6 Å². The van der Waals surface area contributed by atoms with Gasteiger partial charge in [0.15, 0.2) is 5.82 Å². The second-order valence-electron chi connectivity index (χ2n) is 12.5. The smallest absolute Gasteiger partial charge is 0.160 e. The number of hydrogen-bond donors (Lipinski definition) is 0. The van der Waals surface area contributed by atoms with E-state index in [1.54, 1.807) is 12.2 Å². The number of allylic oxidation sites excluding steroid dienone is 4. The minimum absolute atomic E-state index is 0.588. The van der Waals surface area contributed by atoms with Crippen LogP contribution in [0.25, 0.3) is 72.5 Å². The second-order valence-corrected chi connectivity index (χ2v) is 12.5. The highest BCUT2D eigenvalue weighted by Crippen LogP contribution is 2.35. The van der Waals surface area contributed by atoms with E-state index in [-0.39, 0.29) is 0 Å². The Morgan fingerprint density at radius 3 is 1.55 bits per heavy atom. The van der Waals surface area contributed by atoms with Crippen LogP contribution in [0.4, 0.5) is 0 Å². The van der Waals surface area contributed by atoms with Crippen LogP contribution in [0.1, 0.15) is 25.0 Å². The third-order valence-corrected chi connectivity index (χ3v) is 8.80. The monoisotopic (exact) mass is 709 g/mol. The van der Waals surface area contributed by atoms with Crippen LogP contribution >= 0.6 is 0 Å². The summed E-state index contributed by atoms with van der Waals surface area (Å²) in [6, 6.07) is 55.2. The highest BCUT2D eigenvalue weighted by molar-refractivity contribution is 6.10. The maximum absolute atomic E-state index is 9.54. The van der Waals surface area contributed by atoms with Gasteiger partial charge in [0.2, 0.25) is 0 Å². The van der Waals surface area contributed by atoms with Crippen LogP contribution in [0.15, 0.2) is 189 Å². The fourth-order valence-electron chi connectivity index (χ4n) is 6.31. The molecule has 0 spiro atoms. The van der Waals surface area contributed by atoms with Crippen molar-refractivity contribution in [2.24, 2.45) is 0 Å². The van der Waals surface area contributed by atoms with Crippen molar-refractivity contribution in [2.75, 3.05) is 0 Å². The van der Waals surface area contributed by atoms with Gasteiger partial charge in [0.25, 0.3) is 0 Å². The van der Waals surface area contributed by atoms with E-state index in [2.05, 4.69) is 96.6 Å². The standard InChI is InChI=1S/C42H25N5.C5H8.C3H6/c43-26-28-14-20-40-36(22-28)37-23-29(27-44)15-21-41(37)47(40)35-18-16-30(17-19-35)33-12-7-13-34(24-33)39-25-38(31-8-3-1-4-9-31)45-42(46-39)32-10-5-2-6-11-32;1-3-5-4-2;1-3-2/h1-25H;3-5H,1H2,2H3;3H,1H2,2H3/b;5-4-;. The van der Waals surface area contributed by atoms with Crippen molar-refractivity contribution in [3.05, 3.63) is 200 Å². The highest BCUT2D eigenvalue weighted by atomic mass is 15.0. The van der Waals surface area contributed by atoms with Crippen LogP contribution in [-0.4, -0.2) is 14.5 Å². The predicted molar refractivity (Wildman–Crippen MR) is 228 cm³/mol. The maximum Gasteiger partial charge on any atom is 0.160 e. The molecule has 8 rings (SSSR count). The van der Waals surface area contributed by atoms with Gasteiger partial charge in [0.1, 0.15) is 0 Å². The fourth-order valence-corrected chi connectivity index (χ4v) is 6.31. The number of fused-ring (bicyclic) bond motifs is 3. The van der Waals surface area contributed by atoms with Gasteiger partial charge in [0.05, 0.1) is 45.7 Å². The molecule has 0 unspecified atom stereocenters. The normalized spacial score (nSPS) is 10.4. The Bertz CT molecular complexity index is 2580. The van der Waals surface area contributed by atoms with Crippen LogP contribution in [0.2, 0.25) is 0 Å². The summed E-state index contributed by atoms with van der Waals surface area (Å²) in [5.74, 6) is 0.687. The molecule has 0 aliphatic rings. The zero-order chi connectivity index (χ0) is 38.6. The molecule has 0 N–H and O–H groups in total. The molecule has 0 saturated carbocycles. The fraction of sp³-hybridized carbons (Fsp3) is 0.0400. The van der Waals surface area contributed by atoms with Crippen LogP contribution in [0.5, 0.6) is 0 Å². The molecule has 264 valence electrons. The molecule has 0 bridgehead atoms. The van der Waals surface area contributed by atoms with Crippen molar-refractivity contribution < 1.29 is 0 Å². The zero-order valence-corrected chi connectivity index (χ0v) is 30.9. The number of hydrogen-bond acceptors (Lipinski definition) is 4. The third kappa shape index (κ3) is 8.39. The van der Waals surface area contributed by atoms with Crippen LogP contribution in [0, 0.1) is 22.7 Å². The quantitative estimate of drug-likeness (QED) is 0.127. The molecule has 2 heterocycles. The molecular formula is C50H39N5. The molecule has 0 aliphatic carbocycles. The Kier molecular flexibility index (Phi) is 12.0. The summed E-state index contributed by atoms with van der Waals surface area (Å²) in [6.07, 6.45) is 7.33. The molecule has 5 nitrogen and oxygen atoms in total. The van der Waals surface area contributed by atoms with Crippen molar-refractivity contribution in [1.82, 2.24) is 14.5 Å². The van der Waals surface area contributed by atoms with Crippen LogP contribution in [0.3, 0.4) is 0 Å². The first-order chi connectivity index (χ1) is 27.0. The van der Waals surface area contributed by atoms with E-state index in [0.717, 1.165) is 66.7 Å². The first-order valence-corrected chi connectivity index (χ1v) is 17.9. The van der Waals surface area contributed by atoms with Gasteiger partial charge in [0, 0.05) is 33.2 Å². The third-order valence-electron chi connectivity index (χ3n) is 8.80. The summed E-state index contributed by atoms with van der Waals surface area (Å²) >= 11 is 0. The minimum Gasteiger partial charge on any atom is -0.309 e. The number of nitriles is 2. The Morgan fingerprint density at radius 1 is 0.527 bits per heavy atom. The second kappa shape index (κ2) is 17.8. The van der Waals surface area contributed by atoms with Crippen LogP contribution < -0.4 is 0 Å². The van der Waals surface area contributed by atoms with Crippen molar-refractivity contribution in [3.8, 4) is 62.9 Å². The van der Waals surface area contributed by atoms with Crippen molar-refractivity contribution >= 4 is 21.8 Å². The Hall–Kier alpha value is -7.60. The van der Waals surface area contributed by atoms with Gasteiger partial charge in [-0.1, -0.05) is 122 Å². The first-order valence-electron chi connectivity index (χ1n) is 17.9. The van der Waals surface area contributed by atoms with E-state index >= 15 is 0 Å². The van der Waals surface area contributed by atoms with Crippen molar-refractivity contribution in [2.45, 2.75) is 13.8 Å². The number of aromatic nitrogens is 3. The van der Waals surface area contributed by atoms with Gasteiger partial charge >= 0.3 is 0 Å². The van der Waals surface area contributed by atoms with Gasteiger partial charge in [-0.25, -0.2) is 9.97 Å². The molecule has 0 radical (unpaired) electrons. The van der Waals surface area contributed by atoms with E-state index in [1.807, 2.05) is 111 Å². The molecule has 0 fully saturated rings. The maximum atomic E-state index is 9.54. The van der Waals surface area contributed by atoms with Crippen LogP contribution in [-0.2, 0) is 0 Å². The largest absolute Gasteiger partial charge is 0.309 e. The predicted octanol–water partition coefficient (Wildman–Crippen LogP) is 12.9. The minimum atomic E-state index is 0.588. The Labute approximate surface area is 322 Å². The lowest BCUT2D eigenvalue weighted by Gasteiger charge is -2.12.